The molecule has 0 saturated carbocycles. The van der Waals surface area contributed by atoms with Crippen molar-refractivity contribution in [2.45, 2.75) is 51.4 Å². The van der Waals surface area contributed by atoms with Gasteiger partial charge in [-0.15, -0.1) is 0 Å². The fourth-order valence-corrected chi connectivity index (χ4v) is 3.88. The number of amides is 4. The molecule has 1 aromatic carbocycles. The van der Waals surface area contributed by atoms with Gasteiger partial charge >= 0.3 is 6.09 Å². The van der Waals surface area contributed by atoms with Crippen molar-refractivity contribution in [1.29, 1.82) is 0 Å². The number of rotatable bonds is 5. The number of hydrogen-bond donors (Lipinski definition) is 2. The zero-order valence-electron chi connectivity index (χ0n) is 17.7. The van der Waals surface area contributed by atoms with E-state index in [-0.39, 0.29) is 24.3 Å². The second-order valence-electron chi connectivity index (χ2n) is 7.90. The van der Waals surface area contributed by atoms with E-state index in [1.54, 1.807) is 44.4 Å². The van der Waals surface area contributed by atoms with Crippen molar-refractivity contribution >= 4 is 23.8 Å². The Balaban J connectivity index is 1.41. The minimum Gasteiger partial charge on any atom is -0.442 e. The minimum absolute atomic E-state index is 0.204. The standard InChI is InChI=1S/C22H23N5O5/c1-12(16-8-23-11-24-9-16)25-22(31)32-13(2)14-3-4-15-10-27(21(30)17(15)7-14)18-5-6-19(28)26-20(18)29/h3-4,7-9,11-13,18H,5-6,10H2,1-2H3,(H,25,31)(H,26,28,29). The molecule has 2 aliphatic rings. The highest BCUT2D eigenvalue weighted by molar-refractivity contribution is 6.05. The molecule has 0 aliphatic carbocycles. The predicted molar refractivity (Wildman–Crippen MR) is 111 cm³/mol. The quantitative estimate of drug-likeness (QED) is 0.682. The summed E-state index contributed by atoms with van der Waals surface area (Å²) in [6.45, 7) is 3.81. The Morgan fingerprint density at radius 2 is 1.94 bits per heavy atom. The summed E-state index contributed by atoms with van der Waals surface area (Å²) in [6.07, 6.45) is 3.94. The maximum Gasteiger partial charge on any atom is 0.408 e. The van der Waals surface area contributed by atoms with Gasteiger partial charge in [0.1, 0.15) is 18.5 Å². The van der Waals surface area contributed by atoms with E-state index < -0.39 is 24.1 Å². The molecule has 10 heteroatoms. The summed E-state index contributed by atoms with van der Waals surface area (Å²) >= 11 is 0. The van der Waals surface area contributed by atoms with Crippen LogP contribution in [0, 0.1) is 0 Å². The molecule has 32 heavy (non-hydrogen) atoms. The number of fused-ring (bicyclic) bond motifs is 1. The number of piperidine rings is 1. The lowest BCUT2D eigenvalue weighted by Gasteiger charge is -2.29. The van der Waals surface area contributed by atoms with Crippen LogP contribution < -0.4 is 10.6 Å². The van der Waals surface area contributed by atoms with Crippen molar-refractivity contribution in [3.8, 4) is 0 Å². The van der Waals surface area contributed by atoms with E-state index in [9.17, 15) is 19.2 Å². The first-order valence-electron chi connectivity index (χ1n) is 10.3. The first-order valence-corrected chi connectivity index (χ1v) is 10.3. The van der Waals surface area contributed by atoms with E-state index in [1.165, 1.54) is 11.2 Å². The van der Waals surface area contributed by atoms with E-state index >= 15 is 0 Å². The van der Waals surface area contributed by atoms with Crippen LogP contribution in [-0.2, 0) is 20.9 Å². The van der Waals surface area contributed by atoms with Gasteiger partial charge in [0, 0.05) is 36.5 Å². The molecule has 4 amide bonds. The van der Waals surface area contributed by atoms with Gasteiger partial charge in [0.2, 0.25) is 11.8 Å². The van der Waals surface area contributed by atoms with E-state index in [1.807, 2.05) is 0 Å². The lowest BCUT2D eigenvalue weighted by Crippen LogP contribution is -2.52. The Labute approximate surface area is 184 Å². The van der Waals surface area contributed by atoms with Crippen LogP contribution in [0.25, 0.3) is 0 Å². The van der Waals surface area contributed by atoms with Gasteiger partial charge in [-0.25, -0.2) is 14.8 Å². The Bertz CT molecular complexity index is 1070. The molecule has 3 unspecified atom stereocenters. The molecule has 1 aromatic heterocycles. The van der Waals surface area contributed by atoms with Crippen LogP contribution in [0.3, 0.4) is 0 Å². The molecule has 0 spiro atoms. The fourth-order valence-electron chi connectivity index (χ4n) is 3.88. The van der Waals surface area contributed by atoms with Gasteiger partial charge in [-0.05, 0) is 37.5 Å². The molecule has 4 rings (SSSR count). The number of nitrogens with zero attached hydrogens (tertiary/aromatic N) is 3. The number of imide groups is 1. The summed E-state index contributed by atoms with van der Waals surface area (Å²) in [6, 6.07) is 4.29. The molecule has 2 aliphatic heterocycles. The van der Waals surface area contributed by atoms with E-state index in [2.05, 4.69) is 20.6 Å². The minimum atomic E-state index is -0.668. The summed E-state index contributed by atoms with van der Waals surface area (Å²) in [5, 5.41) is 5.02. The summed E-state index contributed by atoms with van der Waals surface area (Å²) in [7, 11) is 0. The number of aromatic nitrogens is 2. The fraction of sp³-hybridized carbons (Fsp3) is 0.364. The van der Waals surface area contributed by atoms with Gasteiger partial charge in [-0.3, -0.25) is 19.7 Å². The van der Waals surface area contributed by atoms with E-state index in [0.29, 0.717) is 24.1 Å². The second kappa shape index (κ2) is 8.74. The van der Waals surface area contributed by atoms with Gasteiger partial charge in [-0.1, -0.05) is 12.1 Å². The SMILES string of the molecule is CC(NC(=O)OC(C)c1ccc2c(c1)C(=O)N(C1CCC(=O)NC1=O)C2)c1cncnc1. The number of ether oxygens (including phenoxy) is 1. The number of benzene rings is 1. The van der Waals surface area contributed by atoms with Crippen molar-refractivity contribution in [3.63, 3.8) is 0 Å². The van der Waals surface area contributed by atoms with Gasteiger partial charge in [0.05, 0.1) is 6.04 Å². The Morgan fingerprint density at radius 1 is 1.19 bits per heavy atom. The third kappa shape index (κ3) is 4.29. The Hall–Kier alpha value is -3.82. The molecule has 1 saturated heterocycles. The first kappa shape index (κ1) is 21.4. The number of hydrogen-bond acceptors (Lipinski definition) is 7. The first-order chi connectivity index (χ1) is 15.3. The molecule has 3 atom stereocenters. The summed E-state index contributed by atoms with van der Waals surface area (Å²) in [5.41, 5.74) is 2.66. The topological polar surface area (TPSA) is 131 Å². The van der Waals surface area contributed by atoms with Gasteiger partial charge < -0.3 is 15.0 Å². The smallest absolute Gasteiger partial charge is 0.408 e. The highest BCUT2D eigenvalue weighted by Gasteiger charge is 2.39. The van der Waals surface area contributed by atoms with Crippen molar-refractivity contribution in [3.05, 3.63) is 59.2 Å². The van der Waals surface area contributed by atoms with Crippen molar-refractivity contribution in [1.82, 2.24) is 25.5 Å². The van der Waals surface area contributed by atoms with Crippen LogP contribution in [0.4, 0.5) is 4.79 Å². The number of carbonyl (C=O) groups is 4. The number of nitrogens with one attached hydrogen (secondary N) is 2. The molecular formula is C22H23N5O5. The molecule has 2 aromatic rings. The molecule has 0 bridgehead atoms. The summed E-state index contributed by atoms with van der Waals surface area (Å²) in [4.78, 5) is 58.2. The van der Waals surface area contributed by atoms with Crippen LogP contribution >= 0.6 is 0 Å². The van der Waals surface area contributed by atoms with Crippen LogP contribution in [0.15, 0.2) is 36.9 Å². The third-order valence-electron chi connectivity index (χ3n) is 5.72. The third-order valence-corrected chi connectivity index (χ3v) is 5.72. The monoisotopic (exact) mass is 437 g/mol. The second-order valence-corrected chi connectivity index (χ2v) is 7.90. The van der Waals surface area contributed by atoms with Crippen LogP contribution in [-0.4, -0.2) is 44.7 Å². The maximum absolute atomic E-state index is 13.0. The number of alkyl carbamates (subject to hydrolysis) is 1. The Morgan fingerprint density at radius 3 is 2.66 bits per heavy atom. The normalized spacial score (nSPS) is 19.8. The van der Waals surface area contributed by atoms with Crippen LogP contribution in [0.1, 0.15) is 65.9 Å². The molecule has 166 valence electrons. The number of carbonyl (C=O) groups excluding carboxylic acids is 4. The molecule has 0 radical (unpaired) electrons. The average molecular weight is 437 g/mol. The molecule has 2 N–H and O–H groups in total. The highest BCUT2D eigenvalue weighted by Crippen LogP contribution is 2.30. The van der Waals surface area contributed by atoms with Crippen LogP contribution in [0.2, 0.25) is 0 Å². The maximum atomic E-state index is 13.0. The highest BCUT2D eigenvalue weighted by atomic mass is 16.6. The van der Waals surface area contributed by atoms with Crippen molar-refractivity contribution < 1.29 is 23.9 Å². The Kier molecular flexibility index (Phi) is 5.85. The lowest BCUT2D eigenvalue weighted by atomic mass is 10.0. The summed E-state index contributed by atoms with van der Waals surface area (Å²) in [5.74, 6) is -1.05. The van der Waals surface area contributed by atoms with Crippen LogP contribution in [0.5, 0.6) is 0 Å². The largest absolute Gasteiger partial charge is 0.442 e. The molecular weight excluding hydrogens is 414 g/mol. The molecule has 10 nitrogen and oxygen atoms in total. The zero-order valence-corrected chi connectivity index (χ0v) is 17.7. The molecule has 3 heterocycles. The van der Waals surface area contributed by atoms with Crippen molar-refractivity contribution in [2.24, 2.45) is 0 Å². The van der Waals surface area contributed by atoms with Gasteiger partial charge in [-0.2, -0.15) is 0 Å². The van der Waals surface area contributed by atoms with E-state index in [0.717, 1.165) is 11.1 Å². The summed E-state index contributed by atoms with van der Waals surface area (Å²) < 4.78 is 5.48. The predicted octanol–water partition coefficient (Wildman–Crippen LogP) is 1.79. The average Bonchev–Trinajstić information content (AvgIpc) is 3.10. The van der Waals surface area contributed by atoms with Gasteiger partial charge in [0.15, 0.2) is 0 Å². The van der Waals surface area contributed by atoms with E-state index in [4.69, 9.17) is 4.74 Å². The lowest BCUT2D eigenvalue weighted by molar-refractivity contribution is -0.136. The zero-order chi connectivity index (χ0) is 22.8. The van der Waals surface area contributed by atoms with Crippen molar-refractivity contribution in [2.75, 3.05) is 0 Å². The molecule has 1 fully saturated rings. The van der Waals surface area contributed by atoms with Gasteiger partial charge in [0.25, 0.3) is 5.91 Å².